The molecular weight excluding hydrogens is 234 g/mol. The predicted molar refractivity (Wildman–Crippen MR) is 66.2 cm³/mol. The van der Waals surface area contributed by atoms with Gasteiger partial charge in [0.2, 0.25) is 5.91 Å². The number of carbonyl (C=O) groups excluding carboxylic acids is 2. The van der Waals surface area contributed by atoms with Crippen molar-refractivity contribution in [3.8, 4) is 0 Å². The number of carbonyl (C=O) groups is 2. The molecule has 1 spiro atoms. The Kier molecular flexibility index (Phi) is 3.23. The molecule has 0 atom stereocenters. The lowest BCUT2D eigenvalue weighted by Gasteiger charge is -2.49. The monoisotopic (exact) mass is 255 g/mol. The van der Waals surface area contributed by atoms with Crippen LogP contribution >= 0.6 is 0 Å². The van der Waals surface area contributed by atoms with Crippen molar-refractivity contribution >= 4 is 12.0 Å². The number of hydrogen-bond donors (Lipinski definition) is 2. The average molecular weight is 255 g/mol. The first-order valence-corrected chi connectivity index (χ1v) is 6.29. The van der Waals surface area contributed by atoms with Gasteiger partial charge in [-0.1, -0.05) is 0 Å². The number of hydrogen-bond acceptors (Lipinski definition) is 4. The molecule has 2 amide bonds. The van der Waals surface area contributed by atoms with Gasteiger partial charge in [-0.2, -0.15) is 0 Å². The van der Waals surface area contributed by atoms with Crippen molar-refractivity contribution in [2.24, 2.45) is 0 Å². The van der Waals surface area contributed by atoms with E-state index >= 15 is 0 Å². The van der Waals surface area contributed by atoms with Gasteiger partial charge in [0.1, 0.15) is 5.60 Å². The number of nitrogens with zero attached hydrogens (tertiary/aromatic N) is 1. The van der Waals surface area contributed by atoms with Gasteiger partial charge in [-0.3, -0.25) is 4.79 Å². The molecule has 0 aromatic rings. The van der Waals surface area contributed by atoms with E-state index in [0.717, 1.165) is 6.54 Å². The molecular formula is C12H21N3O3. The first-order valence-electron chi connectivity index (χ1n) is 6.29. The third kappa shape index (κ3) is 2.93. The Morgan fingerprint density at radius 1 is 1.33 bits per heavy atom. The van der Waals surface area contributed by atoms with Crippen molar-refractivity contribution in [1.82, 2.24) is 15.5 Å². The molecule has 0 aromatic heterocycles. The minimum atomic E-state index is -0.478. The minimum absolute atomic E-state index is 0.0452. The molecule has 0 bridgehead atoms. The van der Waals surface area contributed by atoms with Crippen LogP contribution in [0.2, 0.25) is 0 Å². The van der Waals surface area contributed by atoms with Crippen LogP contribution in [0.5, 0.6) is 0 Å². The fourth-order valence-corrected chi connectivity index (χ4v) is 2.33. The summed E-state index contributed by atoms with van der Waals surface area (Å²) in [7, 11) is 0. The molecule has 0 saturated carbocycles. The molecule has 0 aliphatic carbocycles. The van der Waals surface area contributed by atoms with Crippen molar-refractivity contribution in [1.29, 1.82) is 0 Å². The fraction of sp³-hybridized carbons (Fsp3) is 0.833. The highest BCUT2D eigenvalue weighted by Crippen LogP contribution is 2.27. The lowest BCUT2D eigenvalue weighted by Crippen LogP contribution is -2.71. The maximum Gasteiger partial charge on any atom is 0.410 e. The van der Waals surface area contributed by atoms with Gasteiger partial charge >= 0.3 is 6.09 Å². The molecule has 2 N–H and O–H groups in total. The quantitative estimate of drug-likeness (QED) is 0.643. The summed E-state index contributed by atoms with van der Waals surface area (Å²) in [6, 6.07) is 0. The summed E-state index contributed by atoms with van der Waals surface area (Å²) in [4.78, 5) is 25.0. The van der Waals surface area contributed by atoms with Gasteiger partial charge in [-0.25, -0.2) is 4.79 Å². The zero-order valence-electron chi connectivity index (χ0n) is 11.2. The average Bonchev–Trinajstić information content (AvgIpc) is 2.34. The molecule has 2 fully saturated rings. The van der Waals surface area contributed by atoms with Crippen LogP contribution in [0, 0.1) is 0 Å². The third-order valence-electron chi connectivity index (χ3n) is 3.08. The lowest BCUT2D eigenvalue weighted by molar-refractivity contribution is -0.123. The number of likely N-dealkylation sites (tertiary alicyclic amines) is 1. The molecule has 6 nitrogen and oxygen atoms in total. The van der Waals surface area contributed by atoms with E-state index in [1.54, 1.807) is 4.90 Å². The normalized spacial score (nSPS) is 23.1. The van der Waals surface area contributed by atoms with Gasteiger partial charge in [-0.05, 0) is 20.8 Å². The first kappa shape index (κ1) is 13.1. The van der Waals surface area contributed by atoms with Gasteiger partial charge in [0.25, 0.3) is 0 Å². The van der Waals surface area contributed by atoms with Gasteiger partial charge in [0.15, 0.2) is 0 Å². The largest absolute Gasteiger partial charge is 0.444 e. The van der Waals surface area contributed by atoms with Crippen molar-refractivity contribution < 1.29 is 14.3 Å². The maximum atomic E-state index is 11.8. The predicted octanol–water partition coefficient (Wildman–Crippen LogP) is 0.0854. The number of ether oxygens (including phenoxy) is 1. The highest BCUT2D eigenvalue weighted by molar-refractivity contribution is 5.79. The summed E-state index contributed by atoms with van der Waals surface area (Å²) in [5.41, 5.74) is -0.731. The lowest BCUT2D eigenvalue weighted by atomic mass is 9.86. The summed E-state index contributed by atoms with van der Waals surface area (Å²) in [6.45, 7) is 8.00. The van der Waals surface area contributed by atoms with E-state index in [0.29, 0.717) is 26.1 Å². The number of nitrogens with one attached hydrogen (secondary N) is 2. The van der Waals surface area contributed by atoms with Crippen LogP contribution in [0.25, 0.3) is 0 Å². The van der Waals surface area contributed by atoms with Gasteiger partial charge in [-0.15, -0.1) is 0 Å². The van der Waals surface area contributed by atoms with Crippen LogP contribution < -0.4 is 10.6 Å². The van der Waals surface area contributed by atoms with Crippen LogP contribution in [-0.4, -0.2) is 54.2 Å². The van der Waals surface area contributed by atoms with E-state index in [2.05, 4.69) is 10.6 Å². The molecule has 102 valence electrons. The van der Waals surface area contributed by atoms with Crippen molar-refractivity contribution in [2.45, 2.75) is 38.3 Å². The molecule has 2 saturated heterocycles. The minimum Gasteiger partial charge on any atom is -0.444 e. The Balaban J connectivity index is 1.88. The molecule has 2 aliphatic rings. The molecule has 2 rings (SSSR count). The second-order valence-electron chi connectivity index (χ2n) is 6.07. The summed E-state index contributed by atoms with van der Waals surface area (Å²) < 4.78 is 5.29. The first-order chi connectivity index (χ1) is 8.30. The van der Waals surface area contributed by atoms with E-state index in [9.17, 15) is 9.59 Å². The second kappa shape index (κ2) is 4.42. The van der Waals surface area contributed by atoms with E-state index in [1.165, 1.54) is 0 Å². The van der Waals surface area contributed by atoms with Crippen LogP contribution in [0.15, 0.2) is 0 Å². The Morgan fingerprint density at radius 2 is 2.00 bits per heavy atom. The van der Waals surface area contributed by atoms with Gasteiger partial charge in [0.05, 0.1) is 5.54 Å². The third-order valence-corrected chi connectivity index (χ3v) is 3.08. The van der Waals surface area contributed by atoms with E-state index < -0.39 is 5.60 Å². The van der Waals surface area contributed by atoms with Crippen LogP contribution in [0.4, 0.5) is 4.79 Å². The van der Waals surface area contributed by atoms with Gasteiger partial charge < -0.3 is 20.3 Å². The van der Waals surface area contributed by atoms with Crippen LogP contribution in [0.1, 0.15) is 27.2 Å². The molecule has 0 unspecified atom stereocenters. The van der Waals surface area contributed by atoms with Crippen molar-refractivity contribution in [2.75, 3.05) is 26.2 Å². The molecule has 6 heteroatoms. The summed E-state index contributed by atoms with van der Waals surface area (Å²) in [6.07, 6.45) is 0.117. The Hall–Kier alpha value is -1.30. The fourth-order valence-electron chi connectivity index (χ4n) is 2.33. The highest BCUT2D eigenvalue weighted by Gasteiger charge is 2.48. The molecule has 0 aromatic carbocycles. The zero-order chi connectivity index (χ0) is 13.4. The standard InChI is InChI=1S/C12H21N3O3/c1-11(2,3)18-10(17)15-7-12(8-15)6-9(16)13-4-5-14-12/h14H,4-8H2,1-3H3,(H,13,16). The molecule has 2 aliphatic heterocycles. The zero-order valence-corrected chi connectivity index (χ0v) is 11.2. The van der Waals surface area contributed by atoms with E-state index in [-0.39, 0.29) is 17.5 Å². The Bertz CT molecular complexity index is 356. The summed E-state index contributed by atoms with van der Waals surface area (Å²) in [5, 5.41) is 6.15. The summed E-state index contributed by atoms with van der Waals surface area (Å²) in [5.74, 6) is 0.0452. The van der Waals surface area contributed by atoms with Gasteiger partial charge in [0, 0.05) is 32.6 Å². The Morgan fingerprint density at radius 3 is 2.61 bits per heavy atom. The molecule has 18 heavy (non-hydrogen) atoms. The second-order valence-corrected chi connectivity index (χ2v) is 6.07. The van der Waals surface area contributed by atoms with Crippen molar-refractivity contribution in [3.05, 3.63) is 0 Å². The maximum absolute atomic E-state index is 11.8. The SMILES string of the molecule is CC(C)(C)OC(=O)N1CC2(CC(=O)NCCN2)C1. The Labute approximate surface area is 107 Å². The van der Waals surface area contributed by atoms with E-state index in [1.807, 2.05) is 20.8 Å². The summed E-state index contributed by atoms with van der Waals surface area (Å²) >= 11 is 0. The smallest absolute Gasteiger partial charge is 0.410 e. The highest BCUT2D eigenvalue weighted by atomic mass is 16.6. The van der Waals surface area contributed by atoms with E-state index in [4.69, 9.17) is 4.74 Å². The molecule has 0 radical (unpaired) electrons. The molecule has 2 heterocycles. The number of rotatable bonds is 0. The van der Waals surface area contributed by atoms with Crippen LogP contribution in [-0.2, 0) is 9.53 Å². The van der Waals surface area contributed by atoms with Crippen molar-refractivity contribution in [3.63, 3.8) is 0 Å². The number of amides is 2. The topological polar surface area (TPSA) is 70.7 Å². The van der Waals surface area contributed by atoms with Crippen LogP contribution in [0.3, 0.4) is 0 Å².